The van der Waals surface area contributed by atoms with Crippen LogP contribution in [0.25, 0.3) is 0 Å². The molecule has 0 radical (unpaired) electrons. The Bertz CT molecular complexity index is 129. The molecule has 0 saturated heterocycles. The summed E-state index contributed by atoms with van der Waals surface area (Å²) in [4.78, 5) is 17.9. The van der Waals surface area contributed by atoms with Crippen molar-refractivity contribution in [2.45, 2.75) is 51.9 Å². The van der Waals surface area contributed by atoms with Gasteiger partial charge in [0.1, 0.15) is 0 Å². The number of carbonyl (C=O) groups is 1. The molecule has 5 nitrogen and oxygen atoms in total. The molecule has 0 aliphatic carbocycles. The molecule has 0 amide bonds. The predicted molar refractivity (Wildman–Crippen MR) is 53.3 cm³/mol. The molecule has 0 N–H and O–H groups in total. The van der Waals surface area contributed by atoms with Crippen LogP contribution in [0.4, 0.5) is 0 Å². The van der Waals surface area contributed by atoms with Gasteiger partial charge in [-0.3, -0.25) is 9.68 Å². The van der Waals surface area contributed by atoms with Crippen molar-refractivity contribution in [2.75, 3.05) is 6.61 Å². The highest BCUT2D eigenvalue weighted by Gasteiger charge is 1.93. The number of rotatable bonds is 12. The molecule has 0 aromatic rings. The van der Waals surface area contributed by atoms with Crippen molar-refractivity contribution in [2.24, 2.45) is 0 Å². The topological polar surface area (TPSA) is 54.0 Å². The third kappa shape index (κ3) is 13.3. The van der Waals surface area contributed by atoms with E-state index >= 15 is 0 Å². The summed E-state index contributed by atoms with van der Waals surface area (Å²) in [5.74, 6) is 0. The second kappa shape index (κ2) is 13.4. The third-order valence-corrected chi connectivity index (χ3v) is 1.99. The van der Waals surface area contributed by atoms with Crippen LogP contribution in [-0.2, 0) is 24.6 Å². The summed E-state index contributed by atoms with van der Waals surface area (Å²) in [6, 6.07) is 0. The Morgan fingerprint density at radius 3 is 2.27 bits per heavy atom. The van der Waals surface area contributed by atoms with Gasteiger partial charge in [-0.05, 0) is 11.5 Å². The number of carbonyl (C=O) groups excluding carboxylic acids is 1. The lowest BCUT2D eigenvalue weighted by atomic mass is 10.1. The molecule has 0 saturated carbocycles. The minimum absolute atomic E-state index is 0.108. The Hall–Kier alpha value is -0.650. The van der Waals surface area contributed by atoms with E-state index in [1.54, 1.807) is 0 Å². The molecule has 0 aliphatic heterocycles. The zero-order valence-corrected chi connectivity index (χ0v) is 9.28. The van der Waals surface area contributed by atoms with Gasteiger partial charge < -0.3 is 0 Å². The van der Waals surface area contributed by atoms with Crippen LogP contribution in [0.5, 0.6) is 0 Å². The molecule has 0 bridgehead atoms. The van der Waals surface area contributed by atoms with Crippen LogP contribution < -0.4 is 0 Å². The van der Waals surface area contributed by atoms with E-state index in [1.807, 2.05) is 0 Å². The average molecular weight is 220 g/mol. The first-order valence-electron chi connectivity index (χ1n) is 5.47. The summed E-state index contributed by atoms with van der Waals surface area (Å²) in [5, 5.41) is 7.92. The normalized spacial score (nSPS) is 10.2. The Balaban J connectivity index is 2.83. The van der Waals surface area contributed by atoms with Crippen LogP contribution in [0.15, 0.2) is 0 Å². The Morgan fingerprint density at radius 1 is 0.933 bits per heavy atom. The van der Waals surface area contributed by atoms with Crippen molar-refractivity contribution in [3.63, 3.8) is 0 Å². The van der Waals surface area contributed by atoms with E-state index in [-0.39, 0.29) is 6.47 Å². The minimum Gasteiger partial charge on any atom is -0.270 e. The summed E-state index contributed by atoms with van der Waals surface area (Å²) in [6.07, 6.45) is 8.42. The first-order chi connectivity index (χ1) is 7.41. The molecule has 0 rings (SSSR count). The van der Waals surface area contributed by atoms with Crippen LogP contribution in [0, 0.1) is 0 Å². The van der Waals surface area contributed by atoms with Gasteiger partial charge in [-0.2, -0.15) is 0 Å². The first kappa shape index (κ1) is 14.3. The van der Waals surface area contributed by atoms with Crippen molar-refractivity contribution < 1.29 is 24.6 Å². The Morgan fingerprint density at radius 2 is 1.60 bits per heavy atom. The van der Waals surface area contributed by atoms with Crippen LogP contribution in [-0.4, -0.2) is 13.1 Å². The van der Waals surface area contributed by atoms with E-state index in [1.165, 1.54) is 32.1 Å². The lowest BCUT2D eigenvalue weighted by molar-refractivity contribution is -0.615. The minimum atomic E-state index is 0.108. The average Bonchev–Trinajstić information content (AvgIpc) is 2.26. The Kier molecular flexibility index (Phi) is 12.8. The summed E-state index contributed by atoms with van der Waals surface area (Å²) in [7, 11) is 0. The SMILES string of the molecule is CCCCCCCCCOOOOC=O. The van der Waals surface area contributed by atoms with Crippen molar-refractivity contribution in [1.29, 1.82) is 0 Å². The number of hydrogen-bond donors (Lipinski definition) is 0. The molecule has 0 aromatic heterocycles. The molecule has 0 fully saturated rings. The van der Waals surface area contributed by atoms with Crippen molar-refractivity contribution >= 4 is 6.47 Å². The standard InChI is InChI=1S/C10H20O5/c1-2-3-4-5-6-7-8-9-12-14-15-13-10-11/h10H,2-9H2,1H3. The zero-order chi connectivity index (χ0) is 11.2. The largest absolute Gasteiger partial charge is 0.334 e. The fourth-order valence-electron chi connectivity index (χ4n) is 1.20. The highest BCUT2D eigenvalue weighted by atomic mass is 17.7. The molecule has 0 aliphatic rings. The zero-order valence-electron chi connectivity index (χ0n) is 9.28. The number of hydrogen-bond acceptors (Lipinski definition) is 5. The van der Waals surface area contributed by atoms with Crippen LogP contribution in [0.3, 0.4) is 0 Å². The van der Waals surface area contributed by atoms with Gasteiger partial charge in [0.05, 0.1) is 6.61 Å². The van der Waals surface area contributed by atoms with Gasteiger partial charge in [0.2, 0.25) is 0 Å². The second-order valence-corrected chi connectivity index (χ2v) is 3.27. The molecule has 0 atom stereocenters. The molecule has 5 heteroatoms. The van der Waals surface area contributed by atoms with Gasteiger partial charge >= 0.3 is 6.47 Å². The van der Waals surface area contributed by atoms with E-state index in [9.17, 15) is 4.79 Å². The summed E-state index contributed by atoms with van der Waals surface area (Å²) in [6.45, 7) is 2.75. The highest BCUT2D eigenvalue weighted by molar-refractivity contribution is 5.35. The van der Waals surface area contributed by atoms with Gasteiger partial charge in [-0.25, -0.2) is 4.89 Å². The quantitative estimate of drug-likeness (QED) is 0.219. The van der Waals surface area contributed by atoms with Crippen molar-refractivity contribution in [3.05, 3.63) is 0 Å². The fourth-order valence-corrected chi connectivity index (χ4v) is 1.20. The van der Waals surface area contributed by atoms with E-state index < -0.39 is 0 Å². The monoisotopic (exact) mass is 220 g/mol. The van der Waals surface area contributed by atoms with Gasteiger partial charge in [-0.15, -0.1) is 0 Å². The second-order valence-electron chi connectivity index (χ2n) is 3.27. The van der Waals surface area contributed by atoms with Crippen molar-refractivity contribution in [3.8, 4) is 0 Å². The van der Waals surface area contributed by atoms with Gasteiger partial charge in [0.25, 0.3) is 0 Å². The first-order valence-corrected chi connectivity index (χ1v) is 5.47. The molecule has 15 heavy (non-hydrogen) atoms. The smallest absolute Gasteiger partial charge is 0.270 e. The van der Waals surface area contributed by atoms with E-state index in [0.717, 1.165) is 12.8 Å². The maximum absolute atomic E-state index is 9.58. The summed E-state index contributed by atoms with van der Waals surface area (Å²) < 4.78 is 0. The summed E-state index contributed by atoms with van der Waals surface area (Å²) >= 11 is 0. The number of unbranched alkanes of at least 4 members (excludes halogenated alkanes) is 6. The van der Waals surface area contributed by atoms with E-state index in [2.05, 4.69) is 26.8 Å². The molecular weight excluding hydrogens is 200 g/mol. The van der Waals surface area contributed by atoms with Gasteiger partial charge in [-0.1, -0.05) is 45.4 Å². The lowest BCUT2D eigenvalue weighted by Crippen LogP contribution is -1.98. The maximum atomic E-state index is 9.58. The molecule has 0 heterocycles. The molecule has 90 valence electrons. The van der Waals surface area contributed by atoms with Gasteiger partial charge in [0.15, 0.2) is 0 Å². The van der Waals surface area contributed by atoms with Gasteiger partial charge in [0, 0.05) is 5.04 Å². The summed E-state index contributed by atoms with van der Waals surface area (Å²) in [5.41, 5.74) is 0. The molecule has 0 aromatic carbocycles. The predicted octanol–water partition coefficient (Wildman–Crippen LogP) is 2.70. The van der Waals surface area contributed by atoms with E-state index in [4.69, 9.17) is 0 Å². The highest BCUT2D eigenvalue weighted by Crippen LogP contribution is 2.06. The lowest BCUT2D eigenvalue weighted by Gasteiger charge is -2.01. The Labute approximate surface area is 90.4 Å². The molecule has 0 unspecified atom stereocenters. The molecule has 0 spiro atoms. The van der Waals surface area contributed by atoms with E-state index in [0.29, 0.717) is 6.61 Å². The van der Waals surface area contributed by atoms with Crippen molar-refractivity contribution in [1.82, 2.24) is 0 Å². The molecular formula is C10H20O5. The maximum Gasteiger partial charge on any atom is 0.334 e. The van der Waals surface area contributed by atoms with Crippen LogP contribution in [0.1, 0.15) is 51.9 Å². The van der Waals surface area contributed by atoms with Crippen LogP contribution in [0.2, 0.25) is 0 Å². The third-order valence-electron chi connectivity index (χ3n) is 1.99. The fraction of sp³-hybridized carbons (Fsp3) is 0.900. The van der Waals surface area contributed by atoms with Crippen LogP contribution >= 0.6 is 0 Å².